The molecule has 7 heteroatoms. The fourth-order valence-electron chi connectivity index (χ4n) is 2.64. The van der Waals surface area contributed by atoms with Crippen molar-refractivity contribution in [3.63, 3.8) is 0 Å². The van der Waals surface area contributed by atoms with E-state index in [2.05, 4.69) is 4.99 Å². The number of benzene rings is 2. The van der Waals surface area contributed by atoms with E-state index in [1.54, 1.807) is 32.3 Å². The molecule has 2 aromatic rings. The number of allylic oxidation sites excluding steroid dienone is 2. The molecule has 0 radical (unpaired) electrons. The molecule has 0 fully saturated rings. The summed E-state index contributed by atoms with van der Waals surface area (Å²) in [4.78, 5) is 26.8. The van der Waals surface area contributed by atoms with Gasteiger partial charge in [-0.05, 0) is 25.1 Å². The Kier molecular flexibility index (Phi) is 5.12. The molecule has 0 aromatic heterocycles. The van der Waals surface area contributed by atoms with Crippen molar-refractivity contribution in [1.82, 2.24) is 0 Å². The second kappa shape index (κ2) is 7.65. The quantitative estimate of drug-likeness (QED) is 0.348. The number of methoxy groups -OCH3 is 1. The lowest BCUT2D eigenvalue weighted by molar-refractivity contribution is -0.385. The molecule has 2 aromatic carbocycles. The van der Waals surface area contributed by atoms with E-state index in [1.165, 1.54) is 18.2 Å². The Labute approximate surface area is 155 Å². The smallest absolute Gasteiger partial charge is 0.363 e. The first-order valence-electron chi connectivity index (χ1n) is 8.08. The Bertz CT molecular complexity index is 1010. The molecule has 136 valence electrons. The summed E-state index contributed by atoms with van der Waals surface area (Å²) in [5.41, 5.74) is 1.71. The van der Waals surface area contributed by atoms with Crippen molar-refractivity contribution < 1.29 is 19.2 Å². The van der Waals surface area contributed by atoms with Gasteiger partial charge in [0.15, 0.2) is 5.70 Å². The normalized spacial score (nSPS) is 15.1. The first-order chi connectivity index (χ1) is 13.0. The molecular weight excluding hydrogens is 348 g/mol. The van der Waals surface area contributed by atoms with Gasteiger partial charge in [-0.3, -0.25) is 10.1 Å². The number of hydrogen-bond acceptors (Lipinski definition) is 6. The van der Waals surface area contributed by atoms with Crippen molar-refractivity contribution in [2.75, 3.05) is 7.11 Å². The first kappa shape index (κ1) is 18.1. The van der Waals surface area contributed by atoms with Crippen LogP contribution in [0.15, 0.2) is 65.3 Å². The third-order valence-electron chi connectivity index (χ3n) is 4.02. The van der Waals surface area contributed by atoms with E-state index in [0.717, 1.165) is 5.56 Å². The minimum Gasteiger partial charge on any atom is -0.496 e. The average Bonchev–Trinajstić information content (AvgIpc) is 3.02. The van der Waals surface area contributed by atoms with Gasteiger partial charge in [0.25, 0.3) is 5.69 Å². The number of nitrogens with zero attached hydrogens (tertiary/aromatic N) is 2. The van der Waals surface area contributed by atoms with Gasteiger partial charge < -0.3 is 9.47 Å². The highest BCUT2D eigenvalue weighted by atomic mass is 16.6. The Morgan fingerprint density at radius 2 is 1.96 bits per heavy atom. The van der Waals surface area contributed by atoms with Gasteiger partial charge in [-0.15, -0.1) is 0 Å². The number of cyclic esters (lactones) is 1. The van der Waals surface area contributed by atoms with Gasteiger partial charge in [0.1, 0.15) is 5.75 Å². The molecule has 7 nitrogen and oxygen atoms in total. The summed E-state index contributed by atoms with van der Waals surface area (Å²) in [7, 11) is 1.58. The van der Waals surface area contributed by atoms with Crippen LogP contribution in [0.1, 0.15) is 16.7 Å². The number of carbonyl (C=O) groups is 1. The van der Waals surface area contributed by atoms with Crippen LogP contribution in [0, 0.1) is 17.0 Å². The number of nitro benzene ring substituents is 1. The molecule has 0 N–H and O–H groups in total. The molecule has 0 saturated heterocycles. The Hall–Kier alpha value is -3.74. The summed E-state index contributed by atoms with van der Waals surface area (Å²) in [6.45, 7) is 1.59. The minimum absolute atomic E-state index is 0.0538. The summed E-state index contributed by atoms with van der Waals surface area (Å²) < 4.78 is 10.4. The van der Waals surface area contributed by atoms with Gasteiger partial charge in [-0.25, -0.2) is 9.79 Å². The van der Waals surface area contributed by atoms with Crippen molar-refractivity contribution in [3.05, 3.63) is 87.1 Å². The molecule has 3 rings (SSSR count). The molecule has 1 heterocycles. The van der Waals surface area contributed by atoms with Crippen LogP contribution in [-0.2, 0) is 9.53 Å². The third-order valence-corrected chi connectivity index (χ3v) is 4.02. The average molecular weight is 364 g/mol. The number of ether oxygens (including phenoxy) is 2. The van der Waals surface area contributed by atoms with Crippen molar-refractivity contribution in [2.24, 2.45) is 4.99 Å². The van der Waals surface area contributed by atoms with E-state index in [9.17, 15) is 14.9 Å². The zero-order chi connectivity index (χ0) is 19.4. The summed E-state index contributed by atoms with van der Waals surface area (Å²) in [5, 5.41) is 11.1. The van der Waals surface area contributed by atoms with Gasteiger partial charge in [-0.1, -0.05) is 36.4 Å². The molecule has 1 aliphatic rings. The molecule has 1 aliphatic heterocycles. The van der Waals surface area contributed by atoms with Gasteiger partial charge in [0, 0.05) is 22.8 Å². The molecule has 0 saturated carbocycles. The molecule has 0 atom stereocenters. The number of nitro groups is 1. The highest BCUT2D eigenvalue weighted by Crippen LogP contribution is 2.25. The lowest BCUT2D eigenvalue weighted by Crippen LogP contribution is -2.08. The standard InChI is InChI=1S/C20H16N2O5/c1-13-15(9-6-11-17(13)22(24)25)19-21-16(20(23)27-19)10-5-8-14-7-3-4-12-18(14)26-2/h3-12H,1-2H3. The zero-order valence-corrected chi connectivity index (χ0v) is 14.7. The highest BCUT2D eigenvalue weighted by molar-refractivity contribution is 6.12. The SMILES string of the molecule is COc1ccccc1C=CC=C1N=C(c2cccc([N+](=O)[O-])c2C)OC1=O. The number of para-hydroxylation sites is 1. The predicted octanol–water partition coefficient (Wildman–Crippen LogP) is 3.81. The van der Waals surface area contributed by atoms with E-state index < -0.39 is 10.9 Å². The maximum absolute atomic E-state index is 12.1. The van der Waals surface area contributed by atoms with E-state index in [1.807, 2.05) is 24.3 Å². The van der Waals surface area contributed by atoms with Crippen LogP contribution in [0.5, 0.6) is 5.75 Å². The van der Waals surface area contributed by atoms with Crippen LogP contribution in [0.25, 0.3) is 6.08 Å². The number of hydrogen-bond donors (Lipinski definition) is 0. The fraction of sp³-hybridized carbons (Fsp3) is 0.100. The van der Waals surface area contributed by atoms with Gasteiger partial charge in [-0.2, -0.15) is 0 Å². The maximum Gasteiger partial charge on any atom is 0.363 e. The second-order valence-electron chi connectivity index (χ2n) is 5.67. The Balaban J connectivity index is 1.89. The monoisotopic (exact) mass is 364 g/mol. The van der Waals surface area contributed by atoms with Crippen LogP contribution < -0.4 is 4.74 Å². The summed E-state index contributed by atoms with van der Waals surface area (Å²) in [5.74, 6) is 0.149. The second-order valence-corrected chi connectivity index (χ2v) is 5.67. The van der Waals surface area contributed by atoms with Crippen molar-refractivity contribution in [3.8, 4) is 5.75 Å². The number of rotatable bonds is 5. The molecule has 0 spiro atoms. The van der Waals surface area contributed by atoms with Crippen LogP contribution in [0.4, 0.5) is 5.69 Å². The maximum atomic E-state index is 12.1. The van der Waals surface area contributed by atoms with Gasteiger partial charge >= 0.3 is 5.97 Å². The highest BCUT2D eigenvalue weighted by Gasteiger charge is 2.26. The van der Waals surface area contributed by atoms with Crippen LogP contribution in [0.2, 0.25) is 0 Å². The molecule has 0 unspecified atom stereocenters. The molecule has 0 aliphatic carbocycles. The Morgan fingerprint density at radius 3 is 2.70 bits per heavy atom. The van der Waals surface area contributed by atoms with E-state index >= 15 is 0 Å². The largest absolute Gasteiger partial charge is 0.496 e. The van der Waals surface area contributed by atoms with Crippen LogP contribution in [-0.4, -0.2) is 23.9 Å². The number of aliphatic imine (C=N–C) groups is 1. The van der Waals surface area contributed by atoms with E-state index in [-0.39, 0.29) is 17.3 Å². The van der Waals surface area contributed by atoms with Crippen LogP contribution >= 0.6 is 0 Å². The van der Waals surface area contributed by atoms with Crippen LogP contribution in [0.3, 0.4) is 0 Å². The van der Waals surface area contributed by atoms with Gasteiger partial charge in [0.05, 0.1) is 12.0 Å². The lowest BCUT2D eigenvalue weighted by Gasteiger charge is -2.04. The Morgan fingerprint density at radius 1 is 1.19 bits per heavy atom. The molecule has 27 heavy (non-hydrogen) atoms. The summed E-state index contributed by atoms with van der Waals surface area (Å²) in [6, 6.07) is 12.0. The van der Waals surface area contributed by atoms with Crippen molar-refractivity contribution in [1.29, 1.82) is 0 Å². The van der Waals surface area contributed by atoms with Gasteiger partial charge in [0.2, 0.25) is 5.90 Å². The number of carbonyl (C=O) groups excluding carboxylic acids is 1. The van der Waals surface area contributed by atoms with E-state index in [0.29, 0.717) is 16.9 Å². The third kappa shape index (κ3) is 3.77. The molecule has 0 bridgehead atoms. The predicted molar refractivity (Wildman–Crippen MR) is 101 cm³/mol. The summed E-state index contributed by atoms with van der Waals surface area (Å²) >= 11 is 0. The zero-order valence-electron chi connectivity index (χ0n) is 14.7. The van der Waals surface area contributed by atoms with E-state index in [4.69, 9.17) is 9.47 Å². The molecular formula is C20H16N2O5. The van der Waals surface area contributed by atoms with Crippen molar-refractivity contribution in [2.45, 2.75) is 6.92 Å². The molecule has 0 amide bonds. The topological polar surface area (TPSA) is 91.0 Å². The fourth-order valence-corrected chi connectivity index (χ4v) is 2.64. The number of esters is 1. The van der Waals surface area contributed by atoms with Crippen molar-refractivity contribution >= 4 is 23.6 Å². The minimum atomic E-state index is -0.611. The summed E-state index contributed by atoms with van der Waals surface area (Å²) in [6.07, 6.45) is 4.97. The first-order valence-corrected chi connectivity index (χ1v) is 8.08. The lowest BCUT2D eigenvalue weighted by atomic mass is 10.1.